The molecule has 16 heavy (non-hydrogen) atoms. The SMILES string of the molecule is CCCCCC(N)Cc1c(Cl)cccc1Cl. The third-order valence-electron chi connectivity index (χ3n) is 2.71. The molecule has 0 spiro atoms. The molecule has 1 rings (SSSR count). The Balaban J connectivity index is 2.52. The van der Waals surface area contributed by atoms with Gasteiger partial charge in [-0.1, -0.05) is 55.5 Å². The Kier molecular flexibility index (Phi) is 6.18. The summed E-state index contributed by atoms with van der Waals surface area (Å²) in [5, 5.41) is 1.44. The molecule has 0 aromatic heterocycles. The summed E-state index contributed by atoms with van der Waals surface area (Å²) in [5.41, 5.74) is 7.05. The number of halogens is 2. The van der Waals surface area contributed by atoms with E-state index in [2.05, 4.69) is 6.92 Å². The Morgan fingerprint density at radius 1 is 1.19 bits per heavy atom. The van der Waals surface area contributed by atoms with Crippen molar-refractivity contribution >= 4 is 23.2 Å². The molecule has 1 unspecified atom stereocenters. The summed E-state index contributed by atoms with van der Waals surface area (Å²) in [7, 11) is 0. The van der Waals surface area contributed by atoms with Crippen LogP contribution in [0.3, 0.4) is 0 Å². The van der Waals surface area contributed by atoms with Crippen LogP contribution >= 0.6 is 23.2 Å². The Bertz CT molecular complexity index is 305. The van der Waals surface area contributed by atoms with Gasteiger partial charge in [-0.2, -0.15) is 0 Å². The van der Waals surface area contributed by atoms with E-state index in [1.54, 1.807) is 0 Å². The zero-order chi connectivity index (χ0) is 12.0. The Morgan fingerprint density at radius 2 is 1.81 bits per heavy atom. The summed E-state index contributed by atoms with van der Waals surface area (Å²) in [6.07, 6.45) is 5.45. The number of rotatable bonds is 6. The first-order valence-electron chi connectivity index (χ1n) is 5.83. The molecule has 1 aromatic carbocycles. The lowest BCUT2D eigenvalue weighted by atomic mass is 10.0. The molecule has 0 amide bonds. The zero-order valence-corrected chi connectivity index (χ0v) is 11.2. The molecular formula is C13H19Cl2N. The zero-order valence-electron chi connectivity index (χ0n) is 9.68. The first-order chi connectivity index (χ1) is 7.65. The largest absolute Gasteiger partial charge is 0.327 e. The van der Waals surface area contributed by atoms with Gasteiger partial charge in [-0.15, -0.1) is 0 Å². The lowest BCUT2D eigenvalue weighted by Gasteiger charge is -2.13. The first-order valence-corrected chi connectivity index (χ1v) is 6.59. The van der Waals surface area contributed by atoms with E-state index in [0.717, 1.165) is 28.5 Å². The van der Waals surface area contributed by atoms with Crippen molar-refractivity contribution in [1.29, 1.82) is 0 Å². The van der Waals surface area contributed by atoms with E-state index in [0.29, 0.717) is 0 Å². The van der Waals surface area contributed by atoms with Crippen LogP contribution < -0.4 is 5.73 Å². The molecule has 3 heteroatoms. The van der Waals surface area contributed by atoms with E-state index in [9.17, 15) is 0 Å². The molecule has 0 saturated carbocycles. The molecule has 0 saturated heterocycles. The second-order valence-electron chi connectivity index (χ2n) is 4.16. The highest BCUT2D eigenvalue weighted by Gasteiger charge is 2.10. The van der Waals surface area contributed by atoms with E-state index < -0.39 is 0 Å². The van der Waals surface area contributed by atoms with Gasteiger partial charge >= 0.3 is 0 Å². The highest BCUT2D eigenvalue weighted by Crippen LogP contribution is 2.25. The summed E-state index contributed by atoms with van der Waals surface area (Å²) >= 11 is 12.2. The molecule has 0 aliphatic rings. The Hall–Kier alpha value is -0.240. The summed E-state index contributed by atoms with van der Waals surface area (Å²) in [6.45, 7) is 2.19. The second-order valence-corrected chi connectivity index (χ2v) is 4.97. The van der Waals surface area contributed by atoms with E-state index in [1.807, 2.05) is 18.2 Å². The van der Waals surface area contributed by atoms with E-state index in [-0.39, 0.29) is 6.04 Å². The fraction of sp³-hybridized carbons (Fsp3) is 0.538. The summed E-state index contributed by atoms with van der Waals surface area (Å²) in [4.78, 5) is 0. The van der Waals surface area contributed by atoms with Gasteiger partial charge in [-0.05, 0) is 30.5 Å². The van der Waals surface area contributed by atoms with Gasteiger partial charge in [0.05, 0.1) is 0 Å². The summed E-state index contributed by atoms with van der Waals surface area (Å²) in [5.74, 6) is 0. The fourth-order valence-corrected chi connectivity index (χ4v) is 2.30. The molecule has 90 valence electrons. The predicted molar refractivity (Wildman–Crippen MR) is 72.3 cm³/mol. The minimum Gasteiger partial charge on any atom is -0.327 e. The number of nitrogens with two attached hydrogens (primary N) is 1. The lowest BCUT2D eigenvalue weighted by molar-refractivity contribution is 0.557. The molecule has 0 heterocycles. The van der Waals surface area contributed by atoms with Gasteiger partial charge in [-0.25, -0.2) is 0 Å². The van der Waals surface area contributed by atoms with Crippen molar-refractivity contribution in [3.63, 3.8) is 0 Å². The maximum atomic E-state index is 6.09. The van der Waals surface area contributed by atoms with Gasteiger partial charge in [0.25, 0.3) is 0 Å². The summed E-state index contributed by atoms with van der Waals surface area (Å²) < 4.78 is 0. The Labute approximate surface area is 108 Å². The van der Waals surface area contributed by atoms with Crippen molar-refractivity contribution in [1.82, 2.24) is 0 Å². The van der Waals surface area contributed by atoms with Crippen LogP contribution in [0.1, 0.15) is 38.2 Å². The quantitative estimate of drug-likeness (QED) is 0.751. The summed E-state index contributed by atoms with van der Waals surface area (Å²) in [6, 6.07) is 5.74. The average Bonchev–Trinajstić information content (AvgIpc) is 2.24. The second kappa shape index (κ2) is 7.16. The molecule has 1 atom stereocenters. The smallest absolute Gasteiger partial charge is 0.0453 e. The topological polar surface area (TPSA) is 26.0 Å². The van der Waals surface area contributed by atoms with E-state index in [4.69, 9.17) is 28.9 Å². The standard InChI is InChI=1S/C13H19Cl2N/c1-2-3-4-6-10(16)9-11-12(14)7-5-8-13(11)15/h5,7-8,10H,2-4,6,9,16H2,1H3. The predicted octanol–water partition coefficient (Wildman–Crippen LogP) is 4.44. The lowest BCUT2D eigenvalue weighted by Crippen LogP contribution is -2.23. The van der Waals surface area contributed by atoms with Crippen molar-refractivity contribution in [2.24, 2.45) is 5.73 Å². The normalized spacial score (nSPS) is 12.8. The van der Waals surface area contributed by atoms with Gasteiger partial charge < -0.3 is 5.73 Å². The van der Waals surface area contributed by atoms with Crippen LogP contribution in [-0.4, -0.2) is 6.04 Å². The van der Waals surface area contributed by atoms with Crippen LogP contribution in [0, 0.1) is 0 Å². The third-order valence-corrected chi connectivity index (χ3v) is 3.41. The number of hydrogen-bond donors (Lipinski definition) is 1. The molecule has 0 bridgehead atoms. The molecule has 0 fully saturated rings. The van der Waals surface area contributed by atoms with Crippen LogP contribution in [0.5, 0.6) is 0 Å². The van der Waals surface area contributed by atoms with Gasteiger partial charge in [0.1, 0.15) is 0 Å². The minimum absolute atomic E-state index is 0.156. The highest BCUT2D eigenvalue weighted by molar-refractivity contribution is 6.35. The highest BCUT2D eigenvalue weighted by atomic mass is 35.5. The van der Waals surface area contributed by atoms with Gasteiger partial charge in [0.2, 0.25) is 0 Å². The van der Waals surface area contributed by atoms with Crippen LogP contribution in [-0.2, 0) is 6.42 Å². The maximum Gasteiger partial charge on any atom is 0.0453 e. The molecule has 0 radical (unpaired) electrons. The number of benzene rings is 1. The van der Waals surface area contributed by atoms with Gasteiger partial charge in [0.15, 0.2) is 0 Å². The molecule has 0 aliphatic carbocycles. The van der Waals surface area contributed by atoms with E-state index in [1.165, 1.54) is 19.3 Å². The van der Waals surface area contributed by atoms with Crippen LogP contribution in [0.2, 0.25) is 10.0 Å². The first kappa shape index (κ1) is 13.8. The fourth-order valence-electron chi connectivity index (χ4n) is 1.75. The third kappa shape index (κ3) is 4.32. The van der Waals surface area contributed by atoms with Crippen molar-refractivity contribution < 1.29 is 0 Å². The average molecular weight is 260 g/mol. The molecule has 1 nitrogen and oxygen atoms in total. The minimum atomic E-state index is 0.156. The van der Waals surface area contributed by atoms with E-state index >= 15 is 0 Å². The van der Waals surface area contributed by atoms with Crippen LogP contribution in [0.25, 0.3) is 0 Å². The van der Waals surface area contributed by atoms with Crippen molar-refractivity contribution in [2.75, 3.05) is 0 Å². The number of hydrogen-bond acceptors (Lipinski definition) is 1. The van der Waals surface area contributed by atoms with Crippen molar-refractivity contribution in [3.05, 3.63) is 33.8 Å². The maximum absolute atomic E-state index is 6.09. The van der Waals surface area contributed by atoms with Crippen LogP contribution in [0.4, 0.5) is 0 Å². The number of unbranched alkanes of at least 4 members (excludes halogenated alkanes) is 2. The molecule has 2 N–H and O–H groups in total. The van der Waals surface area contributed by atoms with Crippen LogP contribution in [0.15, 0.2) is 18.2 Å². The van der Waals surface area contributed by atoms with Gasteiger partial charge in [0, 0.05) is 16.1 Å². The monoisotopic (exact) mass is 259 g/mol. The molecule has 0 aliphatic heterocycles. The molecule has 1 aromatic rings. The van der Waals surface area contributed by atoms with Crippen molar-refractivity contribution in [3.8, 4) is 0 Å². The van der Waals surface area contributed by atoms with Crippen molar-refractivity contribution in [2.45, 2.75) is 45.1 Å². The van der Waals surface area contributed by atoms with Gasteiger partial charge in [-0.3, -0.25) is 0 Å². The molecular weight excluding hydrogens is 241 g/mol. The Morgan fingerprint density at radius 3 is 2.38 bits per heavy atom.